The molecule has 1 aliphatic heterocycles. The van der Waals surface area contributed by atoms with Gasteiger partial charge in [0.1, 0.15) is 15.7 Å². The first-order chi connectivity index (χ1) is 13.0. The van der Waals surface area contributed by atoms with Gasteiger partial charge >= 0.3 is 6.36 Å². The van der Waals surface area contributed by atoms with Crippen molar-refractivity contribution in [3.63, 3.8) is 0 Å². The second-order valence-electron chi connectivity index (χ2n) is 5.86. The molecule has 1 atom stereocenters. The summed E-state index contributed by atoms with van der Waals surface area (Å²) in [7, 11) is 0. The monoisotopic (exact) mass is 484 g/mol. The van der Waals surface area contributed by atoms with Gasteiger partial charge in [0.15, 0.2) is 0 Å². The van der Waals surface area contributed by atoms with E-state index in [2.05, 4.69) is 20.7 Å². The number of ether oxygens (including phenoxy) is 1. The summed E-state index contributed by atoms with van der Waals surface area (Å²) in [5, 5.41) is -0.297. The molecular weight excluding hydrogens is 469 g/mol. The van der Waals surface area contributed by atoms with Gasteiger partial charge in [-0.1, -0.05) is 45.7 Å². The van der Waals surface area contributed by atoms with E-state index in [9.17, 15) is 22.8 Å². The van der Waals surface area contributed by atoms with Gasteiger partial charge in [-0.3, -0.25) is 9.59 Å². The minimum atomic E-state index is -4.84. The van der Waals surface area contributed by atoms with Gasteiger partial charge in [-0.15, -0.1) is 13.2 Å². The Hall–Kier alpha value is -1.98. The predicted molar refractivity (Wildman–Crippen MR) is 99.1 cm³/mol. The first kappa shape index (κ1) is 22.3. The van der Waals surface area contributed by atoms with Crippen molar-refractivity contribution in [3.8, 4) is 5.75 Å². The lowest BCUT2D eigenvalue weighted by Gasteiger charge is -2.38. The average Bonchev–Trinajstić information content (AvgIpc) is 2.57. The van der Waals surface area contributed by atoms with Crippen molar-refractivity contribution in [2.75, 3.05) is 19.6 Å². The van der Waals surface area contributed by atoms with Crippen molar-refractivity contribution >= 4 is 39.3 Å². The number of carbonyl (C=O) groups excluding carboxylic acids is 2. The number of nitrogens with two attached hydrogens (primary N) is 2. The zero-order chi connectivity index (χ0) is 21.1. The maximum absolute atomic E-state index is 12.6. The molecular formula is C16H17BrClF3N4O3. The quantitative estimate of drug-likeness (QED) is 0.364. The third kappa shape index (κ3) is 5.76. The van der Waals surface area contributed by atoms with Gasteiger partial charge in [-0.2, -0.15) is 0 Å². The molecule has 0 radical (unpaired) electrons. The fourth-order valence-electron chi connectivity index (χ4n) is 2.71. The number of piperazine rings is 1. The van der Waals surface area contributed by atoms with Gasteiger partial charge in [-0.25, -0.2) is 0 Å². The normalized spacial score (nSPS) is 17.3. The third-order valence-electron chi connectivity index (χ3n) is 3.92. The number of carbonyl (C=O) groups is 2. The van der Waals surface area contributed by atoms with Crippen LogP contribution < -0.4 is 16.2 Å². The van der Waals surface area contributed by atoms with Crippen LogP contribution in [0.4, 0.5) is 13.2 Å². The highest BCUT2D eigenvalue weighted by atomic mass is 79.9. The molecule has 154 valence electrons. The number of benzene rings is 1. The van der Waals surface area contributed by atoms with Gasteiger partial charge in [0, 0.05) is 25.2 Å². The third-order valence-corrected chi connectivity index (χ3v) is 4.73. The highest BCUT2D eigenvalue weighted by molar-refractivity contribution is 9.09. The van der Waals surface area contributed by atoms with Crippen LogP contribution in [0.15, 0.2) is 35.0 Å². The van der Waals surface area contributed by atoms with Crippen LogP contribution in [0.5, 0.6) is 5.75 Å². The molecule has 0 saturated carbocycles. The molecule has 0 bridgehead atoms. The molecule has 4 N–H and O–H groups in total. The second kappa shape index (κ2) is 9.01. The number of hydrogen-bond acceptors (Lipinski definition) is 5. The number of nitrogens with zero attached hydrogens (tertiary/aromatic N) is 2. The van der Waals surface area contributed by atoms with Crippen molar-refractivity contribution in [2.45, 2.75) is 17.9 Å². The van der Waals surface area contributed by atoms with Crippen LogP contribution in [0.3, 0.4) is 0 Å². The van der Waals surface area contributed by atoms with Crippen molar-refractivity contribution in [3.05, 3.63) is 40.6 Å². The summed E-state index contributed by atoms with van der Waals surface area (Å²) in [4.78, 5) is 25.9. The summed E-state index contributed by atoms with van der Waals surface area (Å²) in [5.41, 5.74) is 11.3. The number of alkyl halides is 4. The lowest BCUT2D eigenvalue weighted by molar-refractivity contribution is -0.275. The van der Waals surface area contributed by atoms with E-state index in [0.717, 1.165) is 0 Å². The van der Waals surface area contributed by atoms with Crippen molar-refractivity contribution < 1.29 is 27.5 Å². The highest BCUT2D eigenvalue weighted by Crippen LogP contribution is 2.28. The van der Waals surface area contributed by atoms with Crippen LogP contribution in [-0.4, -0.2) is 52.6 Å². The smallest absolute Gasteiger partial charge is 0.405 e. The molecule has 0 spiro atoms. The first-order valence-corrected chi connectivity index (χ1v) is 9.24. The maximum atomic E-state index is 12.6. The Balaban J connectivity index is 2.15. The SMILES string of the molecule is NC(=O)/C(Cl)=C(\C(N)Br)N1CCN(Cc2ccccc2OC(F)(F)F)C(=O)C1. The highest BCUT2D eigenvalue weighted by Gasteiger charge is 2.33. The Morgan fingerprint density at radius 3 is 2.50 bits per heavy atom. The fourth-order valence-corrected chi connectivity index (χ4v) is 3.59. The summed E-state index contributed by atoms with van der Waals surface area (Å²) in [6.07, 6.45) is -4.84. The summed E-state index contributed by atoms with van der Waals surface area (Å²) >= 11 is 9.02. The van der Waals surface area contributed by atoms with E-state index >= 15 is 0 Å². The topological polar surface area (TPSA) is 102 Å². The molecule has 1 aromatic rings. The maximum Gasteiger partial charge on any atom is 0.573 e. The Morgan fingerprint density at radius 1 is 1.32 bits per heavy atom. The molecule has 1 aromatic carbocycles. The molecule has 1 aliphatic rings. The number of para-hydroxylation sites is 1. The molecule has 28 heavy (non-hydrogen) atoms. The van der Waals surface area contributed by atoms with Gasteiger partial charge in [0.2, 0.25) is 5.91 Å². The van der Waals surface area contributed by atoms with E-state index in [1.54, 1.807) is 6.07 Å². The lowest BCUT2D eigenvalue weighted by Crippen LogP contribution is -2.51. The van der Waals surface area contributed by atoms with Gasteiger partial charge in [-0.05, 0) is 6.07 Å². The number of rotatable bonds is 6. The number of hydrogen-bond donors (Lipinski definition) is 2. The van der Waals surface area contributed by atoms with E-state index in [1.807, 2.05) is 0 Å². The fraction of sp³-hybridized carbons (Fsp3) is 0.375. The van der Waals surface area contributed by atoms with Gasteiger partial charge < -0.3 is 26.0 Å². The Labute approximate surface area is 172 Å². The van der Waals surface area contributed by atoms with Crippen LogP contribution in [0, 0.1) is 0 Å². The minimum absolute atomic E-state index is 0.0676. The lowest BCUT2D eigenvalue weighted by atomic mass is 10.1. The summed E-state index contributed by atoms with van der Waals surface area (Å²) in [5.74, 6) is -1.64. The second-order valence-corrected chi connectivity index (χ2v) is 7.22. The zero-order valence-electron chi connectivity index (χ0n) is 14.4. The van der Waals surface area contributed by atoms with E-state index in [1.165, 1.54) is 28.0 Å². The molecule has 1 heterocycles. The zero-order valence-corrected chi connectivity index (χ0v) is 16.7. The van der Waals surface area contributed by atoms with Crippen LogP contribution >= 0.6 is 27.5 Å². The van der Waals surface area contributed by atoms with E-state index in [0.29, 0.717) is 0 Å². The summed E-state index contributed by atoms with van der Waals surface area (Å²) < 4.78 is 41.7. The van der Waals surface area contributed by atoms with Crippen molar-refractivity contribution in [2.24, 2.45) is 11.5 Å². The summed E-state index contributed by atoms with van der Waals surface area (Å²) in [6.45, 7) is 0.194. The van der Waals surface area contributed by atoms with E-state index in [4.69, 9.17) is 23.1 Å². The van der Waals surface area contributed by atoms with Crippen LogP contribution in [0.25, 0.3) is 0 Å². The Morgan fingerprint density at radius 2 is 1.96 bits per heavy atom. The van der Waals surface area contributed by atoms with E-state index < -0.39 is 17.2 Å². The number of amides is 2. The molecule has 2 amide bonds. The van der Waals surface area contributed by atoms with Gasteiger partial charge in [0.25, 0.3) is 5.91 Å². The molecule has 1 saturated heterocycles. The van der Waals surface area contributed by atoms with Crippen LogP contribution in [-0.2, 0) is 16.1 Å². The average molecular weight is 486 g/mol. The van der Waals surface area contributed by atoms with Crippen molar-refractivity contribution in [1.29, 1.82) is 0 Å². The number of halogens is 5. The standard InChI is InChI=1S/C16H17BrClF3N4O3/c17-14(22)13(12(18)15(23)27)25-6-5-24(11(26)8-25)7-9-3-1-2-4-10(9)28-16(19,20)21/h1-4,14H,5-8,22H2,(H2,23,27)/b13-12-. The molecule has 2 rings (SSSR count). The van der Waals surface area contributed by atoms with Gasteiger partial charge in [0.05, 0.1) is 12.2 Å². The number of primary amides is 1. The molecule has 12 heteroatoms. The Bertz CT molecular complexity index is 789. The molecule has 7 nitrogen and oxygen atoms in total. The molecule has 1 unspecified atom stereocenters. The predicted octanol–water partition coefficient (Wildman–Crippen LogP) is 1.84. The molecule has 0 aromatic heterocycles. The molecule has 1 fully saturated rings. The van der Waals surface area contributed by atoms with Crippen LogP contribution in [0.2, 0.25) is 0 Å². The van der Waals surface area contributed by atoms with E-state index in [-0.39, 0.29) is 54.1 Å². The Kier molecular flexibility index (Phi) is 7.18. The van der Waals surface area contributed by atoms with Crippen LogP contribution in [0.1, 0.15) is 5.56 Å². The summed E-state index contributed by atoms with van der Waals surface area (Å²) in [6, 6.07) is 5.59. The van der Waals surface area contributed by atoms with Crippen molar-refractivity contribution in [1.82, 2.24) is 9.80 Å². The minimum Gasteiger partial charge on any atom is -0.405 e. The molecule has 0 aliphatic carbocycles. The largest absolute Gasteiger partial charge is 0.573 e. The first-order valence-electron chi connectivity index (χ1n) is 7.95.